The number of rotatable bonds is 4. The van der Waals surface area contributed by atoms with E-state index in [4.69, 9.17) is 11.6 Å². The number of nitro benzene ring substituents is 1. The molecule has 8 heteroatoms. The van der Waals surface area contributed by atoms with E-state index in [0.717, 1.165) is 12.8 Å². The number of nitrogens with one attached hydrogen (secondary N) is 1. The van der Waals surface area contributed by atoms with Crippen LogP contribution in [0.1, 0.15) is 19.8 Å². The SMILES string of the molecule is CC1CCN(C(=O)/C(C#N)=C\Nc2cc([N+](=O)[O-])ccc2Cl)CC1. The summed E-state index contributed by atoms with van der Waals surface area (Å²) in [5.74, 6) is 0.226. The van der Waals surface area contributed by atoms with Gasteiger partial charge >= 0.3 is 0 Å². The number of piperidine rings is 1. The number of hydrogen-bond donors (Lipinski definition) is 1. The lowest BCUT2D eigenvalue weighted by molar-refractivity contribution is -0.384. The van der Waals surface area contributed by atoms with Gasteiger partial charge in [0.05, 0.1) is 15.6 Å². The zero-order valence-electron chi connectivity index (χ0n) is 13.2. The molecule has 1 aliphatic rings. The maximum absolute atomic E-state index is 12.4. The summed E-state index contributed by atoms with van der Waals surface area (Å²) in [6, 6.07) is 5.78. The number of non-ortho nitro benzene ring substituents is 1. The molecule has 1 N–H and O–H groups in total. The van der Waals surface area contributed by atoms with E-state index >= 15 is 0 Å². The van der Waals surface area contributed by atoms with E-state index in [1.807, 2.05) is 6.07 Å². The molecule has 126 valence electrons. The fourth-order valence-corrected chi connectivity index (χ4v) is 2.58. The lowest BCUT2D eigenvalue weighted by atomic mass is 9.99. The van der Waals surface area contributed by atoms with Crippen LogP contribution in [0.4, 0.5) is 11.4 Å². The highest BCUT2D eigenvalue weighted by Crippen LogP contribution is 2.27. The third-order valence-corrected chi connectivity index (χ3v) is 4.28. The van der Waals surface area contributed by atoms with Crippen molar-refractivity contribution in [3.05, 3.63) is 45.1 Å². The van der Waals surface area contributed by atoms with Gasteiger partial charge in [0.1, 0.15) is 11.6 Å². The van der Waals surface area contributed by atoms with Crippen LogP contribution < -0.4 is 5.32 Å². The van der Waals surface area contributed by atoms with Gasteiger partial charge in [-0.05, 0) is 24.8 Å². The molecule has 1 fully saturated rings. The quantitative estimate of drug-likeness (QED) is 0.389. The highest BCUT2D eigenvalue weighted by molar-refractivity contribution is 6.33. The van der Waals surface area contributed by atoms with Crippen LogP contribution >= 0.6 is 11.6 Å². The first kappa shape index (κ1) is 17.8. The van der Waals surface area contributed by atoms with Crippen LogP contribution in [0.3, 0.4) is 0 Å². The largest absolute Gasteiger partial charge is 0.359 e. The highest BCUT2D eigenvalue weighted by Gasteiger charge is 2.23. The predicted molar refractivity (Wildman–Crippen MR) is 90.4 cm³/mol. The second-order valence-corrected chi connectivity index (χ2v) is 6.12. The molecule has 0 atom stereocenters. The number of hydrogen-bond acceptors (Lipinski definition) is 5. The molecule has 0 aliphatic carbocycles. The third kappa shape index (κ3) is 4.24. The molecule has 0 bridgehead atoms. The van der Waals surface area contributed by atoms with Gasteiger partial charge in [-0.25, -0.2) is 0 Å². The standard InChI is InChI=1S/C16H17ClN4O3/c1-11-4-6-20(7-5-11)16(22)12(9-18)10-19-15-8-13(21(23)24)2-3-14(15)17/h2-3,8,10-11,19H,4-7H2,1H3/b12-10-. The maximum Gasteiger partial charge on any atom is 0.271 e. The smallest absolute Gasteiger partial charge is 0.271 e. The topological polar surface area (TPSA) is 99.3 Å². The van der Waals surface area contributed by atoms with E-state index in [-0.39, 0.29) is 27.9 Å². The van der Waals surface area contributed by atoms with Gasteiger partial charge in [0.25, 0.3) is 11.6 Å². The lowest BCUT2D eigenvalue weighted by Gasteiger charge is -2.30. The molecule has 1 aromatic carbocycles. The Hall–Kier alpha value is -2.59. The van der Waals surface area contributed by atoms with E-state index in [9.17, 15) is 20.2 Å². The molecular formula is C16H17ClN4O3. The average molecular weight is 349 g/mol. The summed E-state index contributed by atoms with van der Waals surface area (Å²) in [6.45, 7) is 3.38. The predicted octanol–water partition coefficient (Wildman–Crippen LogP) is 3.33. The van der Waals surface area contributed by atoms with Gasteiger partial charge in [0.15, 0.2) is 0 Å². The number of nitriles is 1. The van der Waals surface area contributed by atoms with Crippen LogP contribution in [0, 0.1) is 27.4 Å². The summed E-state index contributed by atoms with van der Waals surface area (Å²) < 4.78 is 0. The van der Waals surface area contributed by atoms with E-state index in [0.29, 0.717) is 19.0 Å². The fourth-order valence-electron chi connectivity index (χ4n) is 2.41. The molecule has 1 amide bonds. The Kier molecular flexibility index (Phi) is 5.77. The van der Waals surface area contributed by atoms with Gasteiger partial charge in [-0.15, -0.1) is 0 Å². The molecule has 0 radical (unpaired) electrons. The van der Waals surface area contributed by atoms with E-state index in [2.05, 4.69) is 12.2 Å². The minimum Gasteiger partial charge on any atom is -0.359 e. The molecule has 24 heavy (non-hydrogen) atoms. The Labute approximate surface area is 144 Å². The fraction of sp³-hybridized carbons (Fsp3) is 0.375. The number of carbonyl (C=O) groups excluding carboxylic acids is 1. The van der Waals surface area contributed by atoms with E-state index in [1.165, 1.54) is 24.4 Å². The number of nitro groups is 1. The molecule has 0 unspecified atom stereocenters. The first-order valence-corrected chi connectivity index (χ1v) is 7.90. The molecule has 1 saturated heterocycles. The number of benzene rings is 1. The summed E-state index contributed by atoms with van der Waals surface area (Å²) in [6.07, 6.45) is 3.06. The Morgan fingerprint density at radius 1 is 1.50 bits per heavy atom. The maximum atomic E-state index is 12.4. The minimum atomic E-state index is -0.545. The van der Waals surface area contributed by atoms with E-state index < -0.39 is 4.92 Å². The number of amides is 1. The summed E-state index contributed by atoms with van der Waals surface area (Å²) >= 11 is 5.98. The van der Waals surface area contributed by atoms with Crippen LogP contribution in [0.2, 0.25) is 5.02 Å². The third-order valence-electron chi connectivity index (χ3n) is 3.95. The number of nitrogens with zero attached hydrogens (tertiary/aromatic N) is 3. The number of likely N-dealkylation sites (tertiary alicyclic amines) is 1. The van der Waals surface area contributed by atoms with Crippen molar-refractivity contribution >= 4 is 28.9 Å². The highest BCUT2D eigenvalue weighted by atomic mass is 35.5. The second kappa shape index (κ2) is 7.79. The van der Waals surface area contributed by atoms with Crippen molar-refractivity contribution in [2.75, 3.05) is 18.4 Å². The van der Waals surface area contributed by atoms with Crippen molar-refractivity contribution in [2.24, 2.45) is 5.92 Å². The molecule has 0 aromatic heterocycles. The zero-order chi connectivity index (χ0) is 17.7. The first-order valence-electron chi connectivity index (χ1n) is 7.52. The van der Waals surface area contributed by atoms with Gasteiger partial charge in [-0.3, -0.25) is 14.9 Å². The van der Waals surface area contributed by atoms with Gasteiger partial charge in [-0.1, -0.05) is 18.5 Å². The van der Waals surface area contributed by atoms with Crippen molar-refractivity contribution in [3.8, 4) is 6.07 Å². The molecule has 1 aromatic rings. The van der Waals surface area contributed by atoms with Crippen molar-refractivity contribution in [3.63, 3.8) is 0 Å². The summed E-state index contributed by atoms with van der Waals surface area (Å²) in [7, 11) is 0. The van der Waals surface area contributed by atoms with Gasteiger partial charge in [0.2, 0.25) is 0 Å². The van der Waals surface area contributed by atoms with Gasteiger partial charge < -0.3 is 10.2 Å². The molecular weight excluding hydrogens is 332 g/mol. The Morgan fingerprint density at radius 3 is 2.75 bits per heavy atom. The number of anilines is 1. The Morgan fingerprint density at radius 2 is 2.17 bits per heavy atom. The monoisotopic (exact) mass is 348 g/mol. The Bertz CT molecular complexity index is 719. The molecule has 0 saturated carbocycles. The number of halogens is 1. The van der Waals surface area contributed by atoms with Crippen LogP contribution in [0.5, 0.6) is 0 Å². The van der Waals surface area contributed by atoms with Crippen molar-refractivity contribution < 1.29 is 9.72 Å². The molecule has 0 spiro atoms. The van der Waals surface area contributed by atoms with Gasteiger partial charge in [0, 0.05) is 31.4 Å². The van der Waals surface area contributed by atoms with Crippen LogP contribution in [-0.2, 0) is 4.79 Å². The number of carbonyl (C=O) groups is 1. The normalized spacial score (nSPS) is 15.7. The molecule has 1 aliphatic heterocycles. The van der Waals surface area contributed by atoms with Crippen molar-refractivity contribution in [1.29, 1.82) is 5.26 Å². The zero-order valence-corrected chi connectivity index (χ0v) is 13.9. The van der Waals surface area contributed by atoms with Gasteiger partial charge in [-0.2, -0.15) is 5.26 Å². The second-order valence-electron chi connectivity index (χ2n) is 5.71. The summed E-state index contributed by atoms with van der Waals surface area (Å²) in [5, 5.41) is 23.0. The van der Waals surface area contributed by atoms with Crippen LogP contribution in [0.15, 0.2) is 30.0 Å². The summed E-state index contributed by atoms with van der Waals surface area (Å²) in [4.78, 5) is 24.3. The first-order chi connectivity index (χ1) is 11.4. The van der Waals surface area contributed by atoms with Crippen LogP contribution in [-0.4, -0.2) is 28.8 Å². The Balaban J connectivity index is 2.14. The van der Waals surface area contributed by atoms with E-state index in [1.54, 1.807) is 4.90 Å². The molecule has 2 rings (SSSR count). The van der Waals surface area contributed by atoms with Crippen LogP contribution in [0.25, 0.3) is 0 Å². The minimum absolute atomic E-state index is 0.0628. The summed E-state index contributed by atoms with van der Waals surface area (Å²) in [5.41, 5.74) is 0.0657. The average Bonchev–Trinajstić information content (AvgIpc) is 2.57. The van der Waals surface area contributed by atoms with Crippen molar-refractivity contribution in [2.45, 2.75) is 19.8 Å². The molecule has 1 heterocycles. The lowest BCUT2D eigenvalue weighted by Crippen LogP contribution is -2.38. The van der Waals surface area contributed by atoms with Crippen molar-refractivity contribution in [1.82, 2.24) is 4.90 Å². The molecule has 7 nitrogen and oxygen atoms in total.